The van der Waals surface area contributed by atoms with E-state index in [1.54, 1.807) is 30.3 Å². The van der Waals surface area contributed by atoms with Gasteiger partial charge in [-0.15, -0.1) is 16.8 Å². The lowest BCUT2D eigenvalue weighted by molar-refractivity contribution is -0.113. The highest BCUT2D eigenvalue weighted by Crippen LogP contribution is 2.27. The Kier molecular flexibility index (Phi) is 9.12. The van der Waals surface area contributed by atoms with E-state index in [-0.39, 0.29) is 23.5 Å². The van der Waals surface area contributed by atoms with Crippen molar-refractivity contribution in [1.29, 1.82) is 0 Å². The molecule has 1 atom stereocenters. The van der Waals surface area contributed by atoms with Crippen LogP contribution in [0, 0.1) is 19.8 Å². The molecule has 3 aromatic rings. The van der Waals surface area contributed by atoms with Gasteiger partial charge < -0.3 is 15.2 Å². The molecule has 1 aromatic heterocycles. The fourth-order valence-corrected chi connectivity index (χ4v) is 4.68. The number of carbonyl (C=O) groups excluding carboxylic acids is 2. The van der Waals surface area contributed by atoms with Gasteiger partial charge in [0.15, 0.2) is 11.0 Å². The third kappa shape index (κ3) is 6.96. The van der Waals surface area contributed by atoms with Gasteiger partial charge in [-0.25, -0.2) is 0 Å². The SMILES string of the molecule is C=CCn1c(SCC(=O)Nc2cc(C)cc(C)c2)nnc1C(NC(=O)c1ccccc1Cl)C(C)C. The van der Waals surface area contributed by atoms with Crippen molar-refractivity contribution in [2.45, 2.75) is 45.4 Å². The second-order valence-electron chi connectivity index (χ2n) is 8.63. The van der Waals surface area contributed by atoms with Crippen LogP contribution in [0.25, 0.3) is 0 Å². The topological polar surface area (TPSA) is 88.9 Å². The van der Waals surface area contributed by atoms with Crippen LogP contribution in [0.4, 0.5) is 5.69 Å². The first-order valence-electron chi connectivity index (χ1n) is 11.3. The van der Waals surface area contributed by atoms with Crippen molar-refractivity contribution in [2.24, 2.45) is 5.92 Å². The first-order chi connectivity index (χ1) is 16.7. The van der Waals surface area contributed by atoms with Crippen molar-refractivity contribution in [3.8, 4) is 0 Å². The molecule has 2 aromatic carbocycles. The number of hydrogen-bond acceptors (Lipinski definition) is 5. The van der Waals surface area contributed by atoms with Crippen LogP contribution in [0.15, 0.2) is 60.3 Å². The zero-order valence-electron chi connectivity index (χ0n) is 20.3. The van der Waals surface area contributed by atoms with Crippen molar-refractivity contribution in [1.82, 2.24) is 20.1 Å². The van der Waals surface area contributed by atoms with Crippen LogP contribution < -0.4 is 10.6 Å². The van der Waals surface area contributed by atoms with E-state index in [9.17, 15) is 9.59 Å². The molecule has 0 radical (unpaired) electrons. The lowest BCUT2D eigenvalue weighted by Gasteiger charge is -2.23. The van der Waals surface area contributed by atoms with Gasteiger partial charge in [0.1, 0.15) is 0 Å². The first-order valence-corrected chi connectivity index (χ1v) is 12.7. The molecule has 0 saturated heterocycles. The van der Waals surface area contributed by atoms with Gasteiger partial charge in [0.25, 0.3) is 5.91 Å². The van der Waals surface area contributed by atoms with Crippen LogP contribution in [-0.4, -0.2) is 32.3 Å². The highest BCUT2D eigenvalue weighted by atomic mass is 35.5. The number of amides is 2. The number of aromatic nitrogens is 3. The van der Waals surface area contributed by atoms with Crippen LogP contribution in [-0.2, 0) is 11.3 Å². The average Bonchev–Trinajstić information content (AvgIpc) is 3.17. The van der Waals surface area contributed by atoms with Gasteiger partial charge in [-0.05, 0) is 55.2 Å². The van der Waals surface area contributed by atoms with Crippen LogP contribution in [0.2, 0.25) is 5.02 Å². The lowest BCUT2D eigenvalue weighted by Crippen LogP contribution is -2.34. The number of benzene rings is 2. The summed E-state index contributed by atoms with van der Waals surface area (Å²) in [4.78, 5) is 25.5. The number of rotatable bonds is 10. The molecule has 35 heavy (non-hydrogen) atoms. The summed E-state index contributed by atoms with van der Waals surface area (Å²) in [6, 6.07) is 12.4. The molecular weight excluding hydrogens is 482 g/mol. The van der Waals surface area contributed by atoms with Crippen LogP contribution in [0.5, 0.6) is 0 Å². The van der Waals surface area contributed by atoms with E-state index in [1.807, 2.05) is 44.4 Å². The summed E-state index contributed by atoms with van der Waals surface area (Å²) in [6.45, 7) is 12.3. The molecule has 2 amide bonds. The molecule has 184 valence electrons. The Labute approximate surface area is 215 Å². The van der Waals surface area contributed by atoms with Crippen molar-refractivity contribution >= 4 is 40.9 Å². The maximum atomic E-state index is 12.9. The molecular formula is C26H30ClN5O2S. The Morgan fingerprint density at radius 2 is 1.83 bits per heavy atom. The Balaban J connectivity index is 1.76. The molecule has 0 saturated carbocycles. The summed E-state index contributed by atoms with van der Waals surface area (Å²) < 4.78 is 1.87. The van der Waals surface area contributed by atoms with E-state index >= 15 is 0 Å². The van der Waals surface area contributed by atoms with Crippen molar-refractivity contribution in [3.05, 3.63) is 82.7 Å². The molecule has 0 aliphatic rings. The molecule has 1 unspecified atom stereocenters. The largest absolute Gasteiger partial charge is 0.342 e. The number of nitrogens with zero attached hydrogens (tertiary/aromatic N) is 3. The summed E-state index contributed by atoms with van der Waals surface area (Å²) in [5.74, 6) is 0.365. The van der Waals surface area contributed by atoms with E-state index < -0.39 is 6.04 Å². The Morgan fingerprint density at radius 3 is 2.46 bits per heavy atom. The van der Waals surface area contributed by atoms with E-state index in [2.05, 4.69) is 33.5 Å². The average molecular weight is 512 g/mol. The highest BCUT2D eigenvalue weighted by molar-refractivity contribution is 7.99. The molecule has 0 bridgehead atoms. The minimum atomic E-state index is -0.412. The third-order valence-electron chi connectivity index (χ3n) is 5.24. The van der Waals surface area contributed by atoms with Gasteiger partial charge in [0.05, 0.1) is 22.4 Å². The second-order valence-corrected chi connectivity index (χ2v) is 9.98. The van der Waals surface area contributed by atoms with Crippen molar-refractivity contribution < 1.29 is 9.59 Å². The zero-order valence-corrected chi connectivity index (χ0v) is 21.9. The van der Waals surface area contributed by atoms with Gasteiger partial charge in [0, 0.05) is 12.2 Å². The second kappa shape index (κ2) is 12.0. The minimum Gasteiger partial charge on any atom is -0.342 e. The predicted molar refractivity (Wildman–Crippen MR) is 142 cm³/mol. The summed E-state index contributed by atoms with van der Waals surface area (Å²) >= 11 is 7.50. The van der Waals surface area contributed by atoms with Crippen molar-refractivity contribution in [2.75, 3.05) is 11.1 Å². The maximum absolute atomic E-state index is 12.9. The lowest BCUT2D eigenvalue weighted by atomic mass is 10.0. The van der Waals surface area contributed by atoms with Crippen LogP contribution in [0.1, 0.15) is 47.2 Å². The number of allylic oxidation sites excluding steroid dienone is 1. The van der Waals surface area contributed by atoms with Gasteiger partial charge in [0.2, 0.25) is 5.91 Å². The molecule has 0 aliphatic carbocycles. The smallest absolute Gasteiger partial charge is 0.253 e. The molecule has 0 fully saturated rings. The summed E-state index contributed by atoms with van der Waals surface area (Å²) in [5.41, 5.74) is 3.33. The number of aryl methyl sites for hydroxylation is 2. The van der Waals surface area contributed by atoms with Crippen LogP contribution in [0.3, 0.4) is 0 Å². The Bertz CT molecular complexity index is 1200. The number of anilines is 1. The van der Waals surface area contributed by atoms with E-state index in [0.29, 0.717) is 28.1 Å². The molecule has 0 spiro atoms. The van der Waals surface area contributed by atoms with Gasteiger partial charge >= 0.3 is 0 Å². The monoisotopic (exact) mass is 511 g/mol. The molecule has 3 rings (SSSR count). The van der Waals surface area contributed by atoms with Gasteiger partial charge in [-0.2, -0.15) is 0 Å². The number of hydrogen-bond donors (Lipinski definition) is 2. The van der Waals surface area contributed by atoms with E-state index in [0.717, 1.165) is 16.8 Å². The Hall–Kier alpha value is -3.10. The standard InChI is InChI=1S/C26H30ClN5O2S/c1-6-11-32-24(23(16(2)3)29-25(34)20-9-7-8-10-21(20)27)30-31-26(32)35-15-22(33)28-19-13-17(4)12-18(5)14-19/h6-10,12-14,16,23H,1,11,15H2,2-5H3,(H,28,33)(H,29,34). The summed E-state index contributed by atoms with van der Waals surface area (Å²) in [7, 11) is 0. The molecule has 0 aliphatic heterocycles. The number of thioether (sulfide) groups is 1. The molecule has 7 nitrogen and oxygen atoms in total. The third-order valence-corrected chi connectivity index (χ3v) is 6.54. The maximum Gasteiger partial charge on any atom is 0.253 e. The van der Waals surface area contributed by atoms with Crippen LogP contribution >= 0.6 is 23.4 Å². The number of halogens is 1. The van der Waals surface area contributed by atoms with E-state index in [1.165, 1.54) is 11.8 Å². The number of nitrogens with one attached hydrogen (secondary N) is 2. The Morgan fingerprint density at radius 1 is 1.14 bits per heavy atom. The van der Waals surface area contributed by atoms with Gasteiger partial charge in [-0.1, -0.05) is 61.5 Å². The fourth-order valence-electron chi connectivity index (χ4n) is 3.71. The summed E-state index contributed by atoms with van der Waals surface area (Å²) in [5, 5.41) is 15.6. The van der Waals surface area contributed by atoms with Gasteiger partial charge in [-0.3, -0.25) is 9.59 Å². The fraction of sp³-hybridized carbons (Fsp3) is 0.308. The number of carbonyl (C=O) groups is 2. The van der Waals surface area contributed by atoms with E-state index in [4.69, 9.17) is 11.6 Å². The zero-order chi connectivity index (χ0) is 25.5. The minimum absolute atomic E-state index is 0.0277. The molecule has 1 heterocycles. The first kappa shape index (κ1) is 26.5. The molecule has 9 heteroatoms. The highest BCUT2D eigenvalue weighted by Gasteiger charge is 2.27. The summed E-state index contributed by atoms with van der Waals surface area (Å²) in [6.07, 6.45) is 1.74. The van der Waals surface area contributed by atoms with Crippen molar-refractivity contribution in [3.63, 3.8) is 0 Å². The normalized spacial score (nSPS) is 11.8. The predicted octanol–water partition coefficient (Wildman–Crippen LogP) is 5.59. The quantitative estimate of drug-likeness (QED) is 0.273. The molecule has 2 N–H and O–H groups in total.